The molecule has 6 N–H and O–H groups in total. The van der Waals surface area contributed by atoms with Crippen LogP contribution < -0.4 is 5.32 Å². The van der Waals surface area contributed by atoms with Gasteiger partial charge in [0, 0.05) is 26.1 Å². The molecule has 1 unspecified atom stereocenters. The van der Waals surface area contributed by atoms with Gasteiger partial charge in [0.05, 0.1) is 26.2 Å². The number of aliphatic hydroxyl groups is 3. The topological polar surface area (TPSA) is 168 Å². The number of nitrogens with one attached hydrogen (secondary N) is 1. The van der Waals surface area contributed by atoms with Crippen molar-refractivity contribution in [3.8, 4) is 0 Å². The number of unbranched alkanes of at least 4 members (excludes halogenated alkanes) is 12. The zero-order chi connectivity index (χ0) is 27.4. The van der Waals surface area contributed by atoms with Crippen LogP contribution in [0.1, 0.15) is 103 Å². The van der Waals surface area contributed by atoms with Crippen molar-refractivity contribution >= 4 is 17.8 Å². The van der Waals surface area contributed by atoms with Crippen LogP contribution in [0.25, 0.3) is 0 Å². The van der Waals surface area contributed by atoms with Crippen LogP contribution in [0.2, 0.25) is 0 Å². The quantitative estimate of drug-likeness (QED) is 0.105. The zero-order valence-corrected chi connectivity index (χ0v) is 22.3. The summed E-state index contributed by atoms with van der Waals surface area (Å²) in [5.74, 6) is -2.94. The lowest BCUT2D eigenvalue weighted by Crippen LogP contribution is -2.42. The lowest BCUT2D eigenvalue weighted by atomic mass is 10.0. The summed E-state index contributed by atoms with van der Waals surface area (Å²) in [6, 6.07) is -1.35. The van der Waals surface area contributed by atoms with Crippen molar-refractivity contribution in [2.24, 2.45) is 0 Å². The fourth-order valence-corrected chi connectivity index (χ4v) is 3.70. The highest BCUT2D eigenvalue weighted by Gasteiger charge is 2.22. The molecule has 36 heavy (non-hydrogen) atoms. The van der Waals surface area contributed by atoms with Crippen molar-refractivity contribution in [1.29, 1.82) is 0 Å². The fourth-order valence-electron chi connectivity index (χ4n) is 3.70. The van der Waals surface area contributed by atoms with Gasteiger partial charge in [-0.15, -0.1) is 0 Å². The summed E-state index contributed by atoms with van der Waals surface area (Å²) in [6.07, 6.45) is 15.5. The van der Waals surface area contributed by atoms with Crippen LogP contribution >= 0.6 is 0 Å². The van der Waals surface area contributed by atoms with Crippen molar-refractivity contribution in [3.63, 3.8) is 0 Å². The van der Waals surface area contributed by atoms with E-state index in [1.165, 1.54) is 64.2 Å². The second-order valence-corrected chi connectivity index (χ2v) is 9.06. The molecule has 0 rings (SSSR count). The van der Waals surface area contributed by atoms with Crippen LogP contribution in [0.3, 0.4) is 0 Å². The molecule has 10 nitrogen and oxygen atoms in total. The molecule has 1 atom stereocenters. The third-order valence-corrected chi connectivity index (χ3v) is 5.77. The van der Waals surface area contributed by atoms with Crippen LogP contribution in [-0.4, -0.2) is 93.8 Å². The third kappa shape index (κ3) is 26.8. The average molecular weight is 521 g/mol. The number of carbonyl (C=O) groups excluding carboxylic acids is 1. The smallest absolute Gasteiger partial charge is 0.326 e. The number of hydrogen-bond donors (Lipinski definition) is 6. The summed E-state index contributed by atoms with van der Waals surface area (Å²) < 4.78 is 0. The molecule has 0 aliphatic heterocycles. The Labute approximate surface area is 217 Å². The Bertz CT molecular complexity index is 520. The van der Waals surface area contributed by atoms with Crippen LogP contribution in [-0.2, 0) is 14.4 Å². The molecule has 0 aliphatic carbocycles. The van der Waals surface area contributed by atoms with Crippen LogP contribution in [0, 0.1) is 0 Å². The molecule has 0 heterocycles. The van der Waals surface area contributed by atoms with E-state index in [-0.39, 0.29) is 32.1 Å². The Hall–Kier alpha value is -1.75. The van der Waals surface area contributed by atoms with Crippen molar-refractivity contribution in [1.82, 2.24) is 10.2 Å². The standard InChI is InChI=1S/C20H37NO5.C6H15NO3/c1-2-3-4-5-6-7-8-9-10-11-12-13-14-15-18(22)21-17(20(25)26)16-19(23)24;8-4-1-7(2-5-9)3-6-10/h17H,2-16H2,1H3,(H,21,22)(H,23,24)(H,25,26);8-10H,1-6H2. The molecule has 0 aromatic heterocycles. The van der Waals surface area contributed by atoms with E-state index in [9.17, 15) is 14.4 Å². The monoisotopic (exact) mass is 520 g/mol. The molecule has 0 saturated heterocycles. The molecule has 214 valence electrons. The summed E-state index contributed by atoms with van der Waals surface area (Å²) in [5.41, 5.74) is 0. The van der Waals surface area contributed by atoms with Crippen molar-refractivity contribution < 1.29 is 39.9 Å². The molecule has 10 heteroatoms. The minimum atomic E-state index is -1.35. The Kier molecular flexibility index (Phi) is 28.1. The first-order chi connectivity index (χ1) is 17.3. The van der Waals surface area contributed by atoms with E-state index in [0.717, 1.165) is 12.8 Å². The highest BCUT2D eigenvalue weighted by Crippen LogP contribution is 2.13. The number of carbonyl (C=O) groups is 3. The number of hydrogen-bond acceptors (Lipinski definition) is 7. The molecule has 0 bridgehead atoms. The highest BCUT2D eigenvalue weighted by atomic mass is 16.4. The molecular weight excluding hydrogens is 468 g/mol. The number of carboxylic acid groups (broad SMARTS) is 2. The SMILES string of the molecule is CCCCCCCCCCCCCCCC(=O)NC(CC(=O)O)C(=O)O.OCCN(CCO)CCO. The van der Waals surface area contributed by atoms with Crippen molar-refractivity contribution in [3.05, 3.63) is 0 Å². The second kappa shape index (κ2) is 27.8. The molecule has 0 aromatic carbocycles. The summed E-state index contributed by atoms with van der Waals surface area (Å²) in [4.78, 5) is 34.9. The maximum atomic E-state index is 11.7. The Balaban J connectivity index is 0. The van der Waals surface area contributed by atoms with Gasteiger partial charge < -0.3 is 30.8 Å². The van der Waals surface area contributed by atoms with Crippen LogP contribution in [0.15, 0.2) is 0 Å². The summed E-state index contributed by atoms with van der Waals surface area (Å²) in [5, 5.41) is 45.2. The van der Waals surface area contributed by atoms with E-state index in [4.69, 9.17) is 25.5 Å². The average Bonchev–Trinajstić information content (AvgIpc) is 2.82. The first-order valence-corrected chi connectivity index (χ1v) is 13.6. The van der Waals surface area contributed by atoms with Crippen molar-refractivity contribution in [2.45, 2.75) is 109 Å². The van der Waals surface area contributed by atoms with E-state index in [1.807, 2.05) is 0 Å². The maximum absolute atomic E-state index is 11.7. The van der Waals surface area contributed by atoms with Gasteiger partial charge in [-0.25, -0.2) is 4.79 Å². The molecule has 0 saturated carbocycles. The van der Waals surface area contributed by atoms with Gasteiger partial charge in [0.2, 0.25) is 5.91 Å². The Morgan fingerprint density at radius 3 is 1.39 bits per heavy atom. The highest BCUT2D eigenvalue weighted by molar-refractivity contribution is 5.86. The van der Waals surface area contributed by atoms with E-state index < -0.39 is 24.4 Å². The normalized spacial score (nSPS) is 11.6. The van der Waals surface area contributed by atoms with Gasteiger partial charge in [-0.2, -0.15) is 0 Å². The minimum absolute atomic E-state index is 0.0694. The summed E-state index contributed by atoms with van der Waals surface area (Å²) >= 11 is 0. The second-order valence-electron chi connectivity index (χ2n) is 9.06. The number of carboxylic acids is 2. The van der Waals surface area contributed by atoms with Gasteiger partial charge in [-0.05, 0) is 6.42 Å². The first kappa shape index (κ1) is 36.4. The predicted molar refractivity (Wildman–Crippen MR) is 140 cm³/mol. The lowest BCUT2D eigenvalue weighted by Gasteiger charge is -2.17. The largest absolute Gasteiger partial charge is 0.481 e. The summed E-state index contributed by atoms with van der Waals surface area (Å²) in [7, 11) is 0. The minimum Gasteiger partial charge on any atom is -0.481 e. The van der Waals surface area contributed by atoms with Gasteiger partial charge in [0.25, 0.3) is 0 Å². The zero-order valence-electron chi connectivity index (χ0n) is 22.3. The molecule has 0 radical (unpaired) electrons. The van der Waals surface area contributed by atoms with Gasteiger partial charge in [0.1, 0.15) is 6.04 Å². The Morgan fingerprint density at radius 2 is 1.06 bits per heavy atom. The predicted octanol–water partition coefficient (Wildman–Crippen LogP) is 2.78. The van der Waals surface area contributed by atoms with E-state index in [1.54, 1.807) is 4.90 Å². The van der Waals surface area contributed by atoms with E-state index >= 15 is 0 Å². The van der Waals surface area contributed by atoms with Crippen molar-refractivity contribution in [2.75, 3.05) is 39.5 Å². The van der Waals surface area contributed by atoms with Gasteiger partial charge >= 0.3 is 11.9 Å². The molecule has 0 aromatic rings. The fraction of sp³-hybridized carbons (Fsp3) is 0.885. The molecule has 0 fully saturated rings. The number of aliphatic hydroxyl groups excluding tert-OH is 3. The summed E-state index contributed by atoms with van der Waals surface area (Å²) in [6.45, 7) is 3.99. The molecular formula is C26H52N2O8. The third-order valence-electron chi connectivity index (χ3n) is 5.77. The molecule has 0 aliphatic rings. The molecule has 1 amide bonds. The van der Waals surface area contributed by atoms with Gasteiger partial charge in [-0.3, -0.25) is 14.5 Å². The number of aliphatic carboxylic acids is 2. The van der Waals surface area contributed by atoms with Gasteiger partial charge in [0.15, 0.2) is 0 Å². The lowest BCUT2D eigenvalue weighted by molar-refractivity contribution is -0.147. The first-order valence-electron chi connectivity index (χ1n) is 13.6. The molecule has 0 spiro atoms. The number of nitrogens with zero attached hydrogens (tertiary/aromatic N) is 1. The number of rotatable bonds is 24. The van der Waals surface area contributed by atoms with Gasteiger partial charge in [-0.1, -0.05) is 84.0 Å². The number of amides is 1. The van der Waals surface area contributed by atoms with E-state index in [0.29, 0.717) is 26.1 Å². The Morgan fingerprint density at radius 1 is 0.667 bits per heavy atom. The van der Waals surface area contributed by atoms with Crippen LogP contribution in [0.5, 0.6) is 0 Å². The van der Waals surface area contributed by atoms with E-state index in [2.05, 4.69) is 12.2 Å². The van der Waals surface area contributed by atoms with Crippen LogP contribution in [0.4, 0.5) is 0 Å². The maximum Gasteiger partial charge on any atom is 0.326 e.